The van der Waals surface area contributed by atoms with Crippen molar-refractivity contribution in [2.75, 3.05) is 32.1 Å². The fourth-order valence-electron chi connectivity index (χ4n) is 4.52. The van der Waals surface area contributed by atoms with Gasteiger partial charge in [0.25, 0.3) is 11.8 Å². The summed E-state index contributed by atoms with van der Waals surface area (Å²) in [6.45, 7) is -0.349. The molecule has 9 heteroatoms. The minimum absolute atomic E-state index is 0.0733. The van der Waals surface area contributed by atoms with E-state index in [1.807, 2.05) is 0 Å². The normalized spacial score (nSPS) is 17.2. The molecule has 1 saturated carbocycles. The molecule has 0 unspecified atom stereocenters. The summed E-state index contributed by atoms with van der Waals surface area (Å²) in [6.07, 6.45) is 8.98. The smallest absolute Gasteiger partial charge is 0.261 e. The van der Waals surface area contributed by atoms with E-state index in [1.54, 1.807) is 24.3 Å². The SMILES string of the molecule is O=C1c2ccccc2C(=O)N1CCCCCCCS(=O)(=O)N(CCF)OCC1CCCCC1. The van der Waals surface area contributed by atoms with Crippen LogP contribution in [-0.4, -0.2) is 61.7 Å². The van der Waals surface area contributed by atoms with Crippen LogP contribution in [0.25, 0.3) is 0 Å². The van der Waals surface area contributed by atoms with E-state index >= 15 is 0 Å². The van der Waals surface area contributed by atoms with E-state index in [4.69, 9.17) is 4.84 Å². The Morgan fingerprint density at radius 2 is 1.55 bits per heavy atom. The van der Waals surface area contributed by atoms with Gasteiger partial charge >= 0.3 is 0 Å². The van der Waals surface area contributed by atoms with Gasteiger partial charge in [0.1, 0.15) is 6.67 Å². The first-order chi connectivity index (χ1) is 15.9. The van der Waals surface area contributed by atoms with Crippen molar-refractivity contribution in [2.45, 2.75) is 64.2 Å². The molecular formula is C24H35FN2O5S. The van der Waals surface area contributed by atoms with Gasteiger partial charge in [-0.05, 0) is 43.7 Å². The molecule has 1 aliphatic carbocycles. The van der Waals surface area contributed by atoms with Gasteiger partial charge in [0.15, 0.2) is 0 Å². The van der Waals surface area contributed by atoms with E-state index in [0.717, 1.165) is 43.0 Å². The number of carbonyl (C=O) groups is 2. The van der Waals surface area contributed by atoms with Crippen LogP contribution in [0.2, 0.25) is 0 Å². The molecule has 0 radical (unpaired) electrons. The Bertz CT molecular complexity index is 867. The van der Waals surface area contributed by atoms with E-state index in [9.17, 15) is 22.4 Å². The third-order valence-corrected chi connectivity index (χ3v) is 8.13. The Balaban J connectivity index is 1.33. The summed E-state index contributed by atoms with van der Waals surface area (Å²) < 4.78 is 38.9. The maximum atomic E-state index is 12.9. The molecule has 0 spiro atoms. The van der Waals surface area contributed by atoms with Gasteiger partial charge in [-0.2, -0.15) is 0 Å². The number of carbonyl (C=O) groups excluding carboxylic acids is 2. The predicted molar refractivity (Wildman–Crippen MR) is 124 cm³/mol. The summed E-state index contributed by atoms with van der Waals surface area (Å²) in [4.78, 5) is 31.5. The van der Waals surface area contributed by atoms with Gasteiger partial charge in [-0.15, -0.1) is 0 Å². The number of halogens is 1. The van der Waals surface area contributed by atoms with Crippen LogP contribution in [0.5, 0.6) is 0 Å². The van der Waals surface area contributed by atoms with Crippen molar-refractivity contribution in [1.82, 2.24) is 9.37 Å². The molecule has 1 aliphatic heterocycles. The molecule has 1 aromatic carbocycles. The number of alkyl halides is 1. The minimum Gasteiger partial charge on any atom is -0.284 e. The summed E-state index contributed by atoms with van der Waals surface area (Å²) >= 11 is 0. The summed E-state index contributed by atoms with van der Waals surface area (Å²) in [5.74, 6) is -0.222. The number of benzene rings is 1. The van der Waals surface area contributed by atoms with Crippen LogP contribution >= 0.6 is 0 Å². The second-order valence-corrected chi connectivity index (χ2v) is 10.9. The van der Waals surface area contributed by atoms with Crippen LogP contribution < -0.4 is 0 Å². The number of sulfonamides is 1. The van der Waals surface area contributed by atoms with Gasteiger partial charge in [-0.1, -0.05) is 55.1 Å². The molecule has 3 rings (SSSR count). The standard InChI is InChI=1S/C24H35FN2O5S/c25-15-17-27(32-19-20-11-5-4-6-12-20)33(30,31)18-10-3-1-2-9-16-26-23(28)21-13-7-8-14-22(21)24(26)29/h7-8,13-14,20H,1-6,9-12,15-19H2. The average molecular weight is 483 g/mol. The van der Waals surface area contributed by atoms with E-state index in [1.165, 1.54) is 11.3 Å². The first-order valence-electron chi connectivity index (χ1n) is 12.1. The number of imide groups is 1. The van der Waals surface area contributed by atoms with Gasteiger partial charge in [-0.3, -0.25) is 19.3 Å². The Kier molecular flexibility index (Phi) is 9.82. The van der Waals surface area contributed by atoms with Gasteiger partial charge in [-0.25, -0.2) is 12.8 Å². The summed E-state index contributed by atoms with van der Waals surface area (Å²) in [7, 11) is -3.66. The average Bonchev–Trinajstić information content (AvgIpc) is 3.06. The molecule has 33 heavy (non-hydrogen) atoms. The zero-order valence-electron chi connectivity index (χ0n) is 19.2. The van der Waals surface area contributed by atoms with Crippen LogP contribution in [0.3, 0.4) is 0 Å². The third kappa shape index (κ3) is 7.07. The fourth-order valence-corrected chi connectivity index (χ4v) is 5.87. The molecule has 0 saturated heterocycles. The predicted octanol–water partition coefficient (Wildman–Crippen LogP) is 4.35. The van der Waals surface area contributed by atoms with Crippen molar-refractivity contribution in [3.8, 4) is 0 Å². The second-order valence-electron chi connectivity index (χ2n) is 8.91. The van der Waals surface area contributed by atoms with Crippen LogP contribution in [-0.2, 0) is 14.9 Å². The molecule has 0 aromatic heterocycles. The zero-order valence-corrected chi connectivity index (χ0v) is 20.0. The van der Waals surface area contributed by atoms with Crippen molar-refractivity contribution in [1.29, 1.82) is 0 Å². The summed E-state index contributed by atoms with van der Waals surface area (Å²) in [5, 5.41) is 0. The van der Waals surface area contributed by atoms with Gasteiger partial charge in [0, 0.05) is 6.54 Å². The Morgan fingerprint density at radius 1 is 0.939 bits per heavy atom. The van der Waals surface area contributed by atoms with Gasteiger partial charge in [0.05, 0.1) is 30.0 Å². The van der Waals surface area contributed by atoms with E-state index in [-0.39, 0.29) is 24.1 Å². The van der Waals surface area contributed by atoms with E-state index in [0.29, 0.717) is 49.5 Å². The van der Waals surface area contributed by atoms with Gasteiger partial charge in [0.2, 0.25) is 10.0 Å². The molecule has 0 bridgehead atoms. The topological polar surface area (TPSA) is 84.0 Å². The molecule has 2 amide bonds. The number of hydrogen-bond donors (Lipinski definition) is 0. The lowest BCUT2D eigenvalue weighted by Gasteiger charge is -2.25. The quantitative estimate of drug-likeness (QED) is 0.224. The van der Waals surface area contributed by atoms with Crippen LogP contribution in [0.1, 0.15) is 84.9 Å². The van der Waals surface area contributed by atoms with Crippen molar-refractivity contribution in [3.63, 3.8) is 0 Å². The molecule has 1 heterocycles. The van der Waals surface area contributed by atoms with Crippen molar-refractivity contribution in [3.05, 3.63) is 35.4 Å². The largest absolute Gasteiger partial charge is 0.284 e. The highest BCUT2D eigenvalue weighted by atomic mass is 32.2. The highest BCUT2D eigenvalue weighted by Crippen LogP contribution is 2.25. The number of unbranched alkanes of at least 4 members (excludes halogenated alkanes) is 4. The number of hydrogen-bond acceptors (Lipinski definition) is 5. The lowest BCUT2D eigenvalue weighted by atomic mass is 9.90. The van der Waals surface area contributed by atoms with E-state index < -0.39 is 16.7 Å². The molecule has 0 atom stereocenters. The monoisotopic (exact) mass is 482 g/mol. The fraction of sp³-hybridized carbons (Fsp3) is 0.667. The summed E-state index contributed by atoms with van der Waals surface area (Å²) in [6, 6.07) is 6.83. The number of rotatable bonds is 14. The van der Waals surface area contributed by atoms with E-state index in [2.05, 4.69) is 0 Å². The molecule has 184 valence electrons. The number of hydroxylamine groups is 1. The first-order valence-corrected chi connectivity index (χ1v) is 13.7. The van der Waals surface area contributed by atoms with Crippen molar-refractivity contribution in [2.24, 2.45) is 5.92 Å². The number of nitrogens with zero attached hydrogens (tertiary/aromatic N) is 2. The Hall–Kier alpha value is -1.84. The molecule has 7 nitrogen and oxygen atoms in total. The lowest BCUT2D eigenvalue weighted by Crippen LogP contribution is -2.36. The van der Waals surface area contributed by atoms with Crippen LogP contribution in [0.15, 0.2) is 24.3 Å². The van der Waals surface area contributed by atoms with Crippen LogP contribution in [0.4, 0.5) is 4.39 Å². The highest BCUT2D eigenvalue weighted by molar-refractivity contribution is 7.88. The van der Waals surface area contributed by atoms with Crippen LogP contribution in [0, 0.1) is 5.92 Å². The maximum absolute atomic E-state index is 12.9. The minimum atomic E-state index is -3.66. The Morgan fingerprint density at radius 3 is 2.18 bits per heavy atom. The molecule has 0 N–H and O–H groups in total. The number of amides is 2. The maximum Gasteiger partial charge on any atom is 0.261 e. The second kappa shape index (κ2) is 12.6. The van der Waals surface area contributed by atoms with Crippen molar-refractivity contribution < 1.29 is 27.2 Å². The zero-order chi connectivity index (χ0) is 23.7. The number of fused-ring (bicyclic) bond motifs is 1. The molecule has 1 aromatic rings. The molecule has 1 fully saturated rings. The summed E-state index contributed by atoms with van der Waals surface area (Å²) in [5.41, 5.74) is 0.910. The lowest BCUT2D eigenvalue weighted by molar-refractivity contribution is -0.104. The highest BCUT2D eigenvalue weighted by Gasteiger charge is 2.34. The molecular weight excluding hydrogens is 447 g/mol. The van der Waals surface area contributed by atoms with Gasteiger partial charge < -0.3 is 0 Å². The Labute approximate surface area is 196 Å². The van der Waals surface area contributed by atoms with Crippen molar-refractivity contribution >= 4 is 21.8 Å². The third-order valence-electron chi connectivity index (χ3n) is 6.42. The molecule has 2 aliphatic rings. The first kappa shape index (κ1) is 25.8.